The first kappa shape index (κ1) is 22.2. The van der Waals surface area contributed by atoms with Gasteiger partial charge in [0.15, 0.2) is 0 Å². The standard InChI is InChI=1S/C22H20F2N2O4S/c1-14-7-8-15(22(27)25-21-18(23)5-4-6-19(21)24)13-20(14)26(2)31(28,29)17-11-9-16(30-3)10-12-17/h4-13H,1-3H3,(H,25,27). The minimum Gasteiger partial charge on any atom is -0.497 e. The van der Waals surface area contributed by atoms with Gasteiger partial charge in [-0.25, -0.2) is 17.2 Å². The number of carbonyl (C=O) groups excluding carboxylic acids is 1. The minimum atomic E-state index is -3.93. The van der Waals surface area contributed by atoms with Gasteiger partial charge >= 0.3 is 0 Å². The highest BCUT2D eigenvalue weighted by atomic mass is 32.2. The summed E-state index contributed by atoms with van der Waals surface area (Å²) in [7, 11) is -1.09. The highest BCUT2D eigenvalue weighted by molar-refractivity contribution is 7.92. The van der Waals surface area contributed by atoms with Gasteiger partial charge in [0.25, 0.3) is 15.9 Å². The molecule has 31 heavy (non-hydrogen) atoms. The van der Waals surface area contributed by atoms with Crippen molar-refractivity contribution in [1.82, 2.24) is 0 Å². The van der Waals surface area contributed by atoms with E-state index in [1.807, 2.05) is 0 Å². The van der Waals surface area contributed by atoms with E-state index in [1.54, 1.807) is 13.0 Å². The summed E-state index contributed by atoms with van der Waals surface area (Å²) in [6, 6.07) is 13.5. The number of anilines is 2. The Hall–Kier alpha value is -3.46. The van der Waals surface area contributed by atoms with Crippen molar-refractivity contribution in [1.29, 1.82) is 0 Å². The summed E-state index contributed by atoms with van der Waals surface area (Å²) in [6.07, 6.45) is 0. The lowest BCUT2D eigenvalue weighted by Gasteiger charge is -2.22. The van der Waals surface area contributed by atoms with Crippen molar-refractivity contribution < 1.29 is 26.7 Å². The summed E-state index contributed by atoms with van der Waals surface area (Å²) in [6.45, 7) is 1.69. The highest BCUT2D eigenvalue weighted by Crippen LogP contribution is 2.28. The lowest BCUT2D eigenvalue weighted by atomic mass is 10.1. The third-order valence-electron chi connectivity index (χ3n) is 4.73. The molecule has 0 atom stereocenters. The molecule has 0 saturated carbocycles. The normalized spacial score (nSPS) is 11.1. The van der Waals surface area contributed by atoms with E-state index in [2.05, 4.69) is 5.32 Å². The molecule has 3 rings (SSSR count). The lowest BCUT2D eigenvalue weighted by Crippen LogP contribution is -2.27. The number of methoxy groups -OCH3 is 1. The number of ether oxygens (including phenoxy) is 1. The van der Waals surface area contributed by atoms with Crippen LogP contribution < -0.4 is 14.4 Å². The van der Waals surface area contributed by atoms with E-state index in [4.69, 9.17) is 4.74 Å². The van der Waals surface area contributed by atoms with Gasteiger partial charge < -0.3 is 10.1 Å². The largest absolute Gasteiger partial charge is 0.497 e. The van der Waals surface area contributed by atoms with Gasteiger partial charge in [-0.1, -0.05) is 12.1 Å². The number of aryl methyl sites for hydroxylation is 1. The Labute approximate surface area is 179 Å². The molecule has 0 aliphatic rings. The molecule has 0 radical (unpaired) electrons. The van der Waals surface area contributed by atoms with Crippen molar-refractivity contribution in [3.63, 3.8) is 0 Å². The van der Waals surface area contributed by atoms with Crippen molar-refractivity contribution in [2.45, 2.75) is 11.8 Å². The zero-order valence-corrected chi connectivity index (χ0v) is 17.8. The number of carbonyl (C=O) groups is 1. The molecule has 6 nitrogen and oxygen atoms in total. The van der Waals surface area contributed by atoms with Gasteiger partial charge in [-0.2, -0.15) is 0 Å². The number of amides is 1. The van der Waals surface area contributed by atoms with Gasteiger partial charge in [0.1, 0.15) is 23.1 Å². The van der Waals surface area contributed by atoms with E-state index in [-0.39, 0.29) is 16.1 Å². The van der Waals surface area contributed by atoms with Crippen LogP contribution in [0.2, 0.25) is 0 Å². The summed E-state index contributed by atoms with van der Waals surface area (Å²) in [5.74, 6) is -2.10. The number of halogens is 2. The molecule has 0 unspecified atom stereocenters. The number of rotatable bonds is 6. The van der Waals surface area contributed by atoms with Gasteiger partial charge in [0, 0.05) is 12.6 Å². The van der Waals surface area contributed by atoms with E-state index in [1.165, 1.54) is 56.6 Å². The second kappa shape index (κ2) is 8.73. The quantitative estimate of drug-likeness (QED) is 0.611. The number of hydrogen-bond donors (Lipinski definition) is 1. The molecule has 3 aromatic carbocycles. The maximum absolute atomic E-state index is 13.8. The van der Waals surface area contributed by atoms with Crippen LogP contribution in [0.5, 0.6) is 5.75 Å². The van der Waals surface area contributed by atoms with E-state index in [9.17, 15) is 22.0 Å². The molecule has 0 saturated heterocycles. The van der Waals surface area contributed by atoms with Crippen LogP contribution in [0.3, 0.4) is 0 Å². The van der Waals surface area contributed by atoms with Crippen LogP contribution in [0.1, 0.15) is 15.9 Å². The van der Waals surface area contributed by atoms with Gasteiger partial charge in [0.2, 0.25) is 0 Å². The zero-order chi connectivity index (χ0) is 22.8. The Bertz CT molecular complexity index is 1210. The molecule has 0 heterocycles. The molecular formula is C22H20F2N2O4S. The van der Waals surface area contributed by atoms with Crippen LogP contribution in [-0.4, -0.2) is 28.5 Å². The maximum Gasteiger partial charge on any atom is 0.264 e. The van der Waals surface area contributed by atoms with Crippen LogP contribution >= 0.6 is 0 Å². The summed E-state index contributed by atoms with van der Waals surface area (Å²) >= 11 is 0. The van der Waals surface area contributed by atoms with Crippen LogP contribution in [0.25, 0.3) is 0 Å². The number of hydrogen-bond acceptors (Lipinski definition) is 4. The fourth-order valence-corrected chi connectivity index (χ4v) is 4.18. The molecule has 162 valence electrons. The van der Waals surface area contributed by atoms with Crippen molar-refractivity contribution in [3.8, 4) is 5.75 Å². The Morgan fingerprint density at radius 1 is 1.00 bits per heavy atom. The zero-order valence-electron chi connectivity index (χ0n) is 17.0. The fraction of sp³-hybridized carbons (Fsp3) is 0.136. The summed E-state index contributed by atoms with van der Waals surface area (Å²) in [5.41, 5.74) is 0.305. The molecule has 9 heteroatoms. The second-order valence-corrected chi connectivity index (χ2v) is 8.67. The number of sulfonamides is 1. The Morgan fingerprint density at radius 3 is 2.19 bits per heavy atom. The Morgan fingerprint density at radius 2 is 1.61 bits per heavy atom. The van der Waals surface area contributed by atoms with E-state index < -0.39 is 33.3 Å². The predicted octanol–water partition coefficient (Wildman–Crippen LogP) is 4.36. The summed E-state index contributed by atoms with van der Waals surface area (Å²) < 4.78 is 59.8. The maximum atomic E-state index is 13.8. The molecule has 1 amide bonds. The van der Waals surface area contributed by atoms with Gasteiger partial charge in [0.05, 0.1) is 17.7 Å². The average Bonchev–Trinajstić information content (AvgIpc) is 2.76. The first-order chi connectivity index (χ1) is 14.6. The van der Waals surface area contributed by atoms with Gasteiger partial charge in [-0.15, -0.1) is 0 Å². The fourth-order valence-electron chi connectivity index (χ4n) is 2.93. The minimum absolute atomic E-state index is 0.0403. The molecule has 0 bridgehead atoms. The monoisotopic (exact) mass is 446 g/mol. The third kappa shape index (κ3) is 4.51. The molecule has 0 aromatic heterocycles. The molecule has 0 aliphatic heterocycles. The number of benzene rings is 3. The predicted molar refractivity (Wildman–Crippen MR) is 114 cm³/mol. The van der Waals surface area contributed by atoms with E-state index in [0.29, 0.717) is 11.3 Å². The third-order valence-corrected chi connectivity index (χ3v) is 6.52. The SMILES string of the molecule is COc1ccc(S(=O)(=O)N(C)c2cc(C(=O)Nc3c(F)cccc3F)ccc2C)cc1. The average molecular weight is 446 g/mol. The Balaban J connectivity index is 1.93. The molecule has 0 spiro atoms. The number of para-hydroxylation sites is 1. The molecule has 0 aliphatic carbocycles. The van der Waals surface area contributed by atoms with E-state index in [0.717, 1.165) is 16.4 Å². The number of nitrogens with one attached hydrogen (secondary N) is 1. The first-order valence-corrected chi connectivity index (χ1v) is 10.6. The lowest BCUT2D eigenvalue weighted by molar-refractivity contribution is 0.102. The summed E-state index contributed by atoms with van der Waals surface area (Å²) in [4.78, 5) is 12.6. The number of nitrogens with zero attached hydrogens (tertiary/aromatic N) is 1. The smallest absolute Gasteiger partial charge is 0.264 e. The van der Waals surface area contributed by atoms with Crippen molar-refractivity contribution in [2.24, 2.45) is 0 Å². The second-order valence-electron chi connectivity index (χ2n) is 6.70. The summed E-state index contributed by atoms with van der Waals surface area (Å²) in [5, 5.41) is 2.19. The van der Waals surface area contributed by atoms with Gasteiger partial charge in [-0.05, 0) is 61.0 Å². The first-order valence-electron chi connectivity index (χ1n) is 9.14. The molecular weight excluding hydrogens is 426 g/mol. The van der Waals surface area contributed by atoms with Crippen molar-refractivity contribution in [2.75, 3.05) is 23.8 Å². The highest BCUT2D eigenvalue weighted by Gasteiger charge is 2.24. The molecule has 3 aromatic rings. The van der Waals surface area contributed by atoms with Crippen LogP contribution in [0, 0.1) is 18.6 Å². The molecule has 0 fully saturated rings. The van der Waals surface area contributed by atoms with Crippen molar-refractivity contribution >= 4 is 27.3 Å². The van der Waals surface area contributed by atoms with Crippen LogP contribution in [-0.2, 0) is 10.0 Å². The topological polar surface area (TPSA) is 75.7 Å². The van der Waals surface area contributed by atoms with E-state index >= 15 is 0 Å². The van der Waals surface area contributed by atoms with Crippen LogP contribution in [0.4, 0.5) is 20.2 Å². The van der Waals surface area contributed by atoms with Crippen molar-refractivity contribution in [3.05, 3.63) is 83.4 Å². The molecule has 1 N–H and O–H groups in total. The van der Waals surface area contributed by atoms with Gasteiger partial charge in [-0.3, -0.25) is 9.10 Å². The Kier molecular flexibility index (Phi) is 6.26. The van der Waals surface area contributed by atoms with Crippen LogP contribution in [0.15, 0.2) is 65.6 Å².